The van der Waals surface area contributed by atoms with Crippen LogP contribution in [0.25, 0.3) is 10.2 Å². The molecule has 1 aromatic carbocycles. The summed E-state index contributed by atoms with van der Waals surface area (Å²) in [6.07, 6.45) is 4.49. The molecule has 0 fully saturated rings. The third-order valence-electron chi connectivity index (χ3n) is 3.64. The molecule has 1 atom stereocenters. The molecule has 0 radical (unpaired) electrons. The lowest BCUT2D eigenvalue weighted by atomic mass is 10.0. The lowest BCUT2D eigenvalue weighted by Crippen LogP contribution is -2.28. The summed E-state index contributed by atoms with van der Waals surface area (Å²) >= 11 is 1.49. The molecule has 6 heteroatoms. The van der Waals surface area contributed by atoms with Gasteiger partial charge in [0, 0.05) is 12.8 Å². The minimum Gasteiger partial charge on any atom is -0.296 e. The first-order valence-electron chi connectivity index (χ1n) is 8.01. The van der Waals surface area contributed by atoms with E-state index in [1.807, 2.05) is 24.3 Å². The van der Waals surface area contributed by atoms with Crippen LogP contribution in [-0.2, 0) is 4.79 Å². The topological polar surface area (TPSA) is 57.9 Å². The first-order valence-corrected chi connectivity index (χ1v) is 8.83. The van der Waals surface area contributed by atoms with Gasteiger partial charge < -0.3 is 0 Å². The van der Waals surface area contributed by atoms with E-state index >= 15 is 0 Å². The maximum absolute atomic E-state index is 12.7. The third kappa shape index (κ3) is 3.17. The monoisotopic (exact) mass is 328 g/mol. The molecule has 1 aliphatic rings. The summed E-state index contributed by atoms with van der Waals surface area (Å²) < 4.78 is 1.06. The Morgan fingerprint density at radius 3 is 2.87 bits per heavy atom. The van der Waals surface area contributed by atoms with Crippen LogP contribution in [0.2, 0.25) is 0 Å². The van der Waals surface area contributed by atoms with Gasteiger partial charge in [-0.2, -0.15) is 10.1 Å². The second kappa shape index (κ2) is 7.00. The molecule has 0 bridgehead atoms. The normalized spacial score (nSPS) is 18.3. The second-order valence-corrected chi connectivity index (χ2v) is 6.50. The molecule has 5 nitrogen and oxygen atoms in total. The van der Waals surface area contributed by atoms with Crippen molar-refractivity contribution < 1.29 is 4.79 Å². The van der Waals surface area contributed by atoms with Crippen molar-refractivity contribution in [2.24, 2.45) is 16.0 Å². The molecule has 1 aromatic heterocycles. The molecule has 0 spiro atoms. The number of carbonyl (C=O) groups excluding carboxylic acids is 1. The van der Waals surface area contributed by atoms with Crippen molar-refractivity contribution >= 4 is 44.5 Å². The summed E-state index contributed by atoms with van der Waals surface area (Å²) in [7, 11) is 0. The Kier molecular flexibility index (Phi) is 4.81. The molecule has 23 heavy (non-hydrogen) atoms. The molecule has 0 N–H and O–H groups in total. The van der Waals surface area contributed by atoms with Gasteiger partial charge in [-0.15, -0.1) is 0 Å². The number of aliphatic imine (C=N–C) groups is 1. The van der Waals surface area contributed by atoms with Crippen LogP contribution in [0.3, 0.4) is 0 Å². The SMILES string of the molecule is CCCN=C[C@@H]1C(=O)N(c2nc3ccccc3s2)N=C1CCC. The Balaban J connectivity index is 1.91. The van der Waals surface area contributed by atoms with Gasteiger partial charge in [0.2, 0.25) is 5.13 Å². The van der Waals surface area contributed by atoms with Crippen LogP contribution >= 0.6 is 11.3 Å². The van der Waals surface area contributed by atoms with Gasteiger partial charge in [-0.25, -0.2) is 4.98 Å². The van der Waals surface area contributed by atoms with Crippen LogP contribution in [-0.4, -0.2) is 29.4 Å². The van der Waals surface area contributed by atoms with Crippen LogP contribution in [0, 0.1) is 5.92 Å². The predicted octanol–water partition coefficient (Wildman–Crippen LogP) is 3.90. The maximum Gasteiger partial charge on any atom is 0.263 e. The molecule has 0 saturated heterocycles. The van der Waals surface area contributed by atoms with E-state index in [1.54, 1.807) is 6.21 Å². The molecule has 120 valence electrons. The maximum atomic E-state index is 12.7. The number of hydrazone groups is 1. The van der Waals surface area contributed by atoms with Crippen LogP contribution in [0.4, 0.5) is 5.13 Å². The number of thiazole rings is 1. The van der Waals surface area contributed by atoms with Gasteiger partial charge in [-0.05, 0) is 25.0 Å². The van der Waals surface area contributed by atoms with E-state index in [9.17, 15) is 4.79 Å². The molecule has 0 unspecified atom stereocenters. The Bertz CT molecular complexity index is 732. The Labute approximate surface area is 139 Å². The van der Waals surface area contributed by atoms with Crippen molar-refractivity contribution in [2.45, 2.75) is 33.1 Å². The van der Waals surface area contributed by atoms with Crippen molar-refractivity contribution in [3.8, 4) is 0 Å². The van der Waals surface area contributed by atoms with Gasteiger partial charge in [0.15, 0.2) is 0 Å². The number of anilines is 1. The third-order valence-corrected chi connectivity index (χ3v) is 4.65. The van der Waals surface area contributed by atoms with E-state index < -0.39 is 0 Å². The number of para-hydroxylation sites is 1. The number of hydrogen-bond acceptors (Lipinski definition) is 5. The first-order chi connectivity index (χ1) is 11.2. The molecule has 3 rings (SSSR count). The van der Waals surface area contributed by atoms with E-state index in [2.05, 4.69) is 28.9 Å². The van der Waals surface area contributed by atoms with E-state index in [1.165, 1.54) is 16.3 Å². The lowest BCUT2D eigenvalue weighted by Gasteiger charge is -2.08. The summed E-state index contributed by atoms with van der Waals surface area (Å²) in [5.41, 5.74) is 1.78. The second-order valence-electron chi connectivity index (χ2n) is 5.49. The Morgan fingerprint density at radius 1 is 1.30 bits per heavy atom. The van der Waals surface area contributed by atoms with Gasteiger partial charge >= 0.3 is 0 Å². The Morgan fingerprint density at radius 2 is 2.13 bits per heavy atom. The highest BCUT2D eigenvalue weighted by Crippen LogP contribution is 2.32. The highest BCUT2D eigenvalue weighted by Gasteiger charge is 2.36. The van der Waals surface area contributed by atoms with E-state index in [0.29, 0.717) is 5.13 Å². The number of benzene rings is 1. The fourth-order valence-corrected chi connectivity index (χ4v) is 3.45. The smallest absolute Gasteiger partial charge is 0.263 e. The molecule has 0 saturated carbocycles. The van der Waals surface area contributed by atoms with Crippen molar-refractivity contribution in [3.63, 3.8) is 0 Å². The van der Waals surface area contributed by atoms with E-state index in [4.69, 9.17) is 0 Å². The fraction of sp³-hybridized carbons (Fsp3) is 0.412. The summed E-state index contributed by atoms with van der Waals surface area (Å²) in [6, 6.07) is 7.88. The molecule has 1 amide bonds. The predicted molar refractivity (Wildman–Crippen MR) is 96.6 cm³/mol. The van der Waals surface area contributed by atoms with Gasteiger partial charge in [0.25, 0.3) is 5.91 Å². The largest absolute Gasteiger partial charge is 0.296 e. The number of amides is 1. The van der Waals surface area contributed by atoms with Gasteiger partial charge in [0.1, 0.15) is 5.92 Å². The number of rotatable bonds is 6. The molecule has 1 aliphatic heterocycles. The number of carbonyl (C=O) groups is 1. The van der Waals surface area contributed by atoms with Crippen molar-refractivity contribution in [1.29, 1.82) is 0 Å². The number of hydrogen-bond donors (Lipinski definition) is 0. The van der Waals surface area contributed by atoms with Crippen LogP contribution in [0.1, 0.15) is 33.1 Å². The highest BCUT2D eigenvalue weighted by atomic mass is 32.1. The highest BCUT2D eigenvalue weighted by molar-refractivity contribution is 7.22. The van der Waals surface area contributed by atoms with Crippen LogP contribution in [0.15, 0.2) is 34.4 Å². The van der Waals surface area contributed by atoms with Crippen LogP contribution < -0.4 is 5.01 Å². The minimum absolute atomic E-state index is 0.0487. The van der Waals surface area contributed by atoms with Crippen molar-refractivity contribution in [3.05, 3.63) is 24.3 Å². The van der Waals surface area contributed by atoms with E-state index in [-0.39, 0.29) is 11.8 Å². The van der Waals surface area contributed by atoms with Crippen molar-refractivity contribution in [1.82, 2.24) is 4.98 Å². The number of nitrogens with zero attached hydrogens (tertiary/aromatic N) is 4. The average molecular weight is 328 g/mol. The zero-order chi connectivity index (χ0) is 16.2. The minimum atomic E-state index is -0.339. The van der Waals surface area contributed by atoms with E-state index in [0.717, 1.165) is 41.7 Å². The average Bonchev–Trinajstić information content (AvgIpc) is 3.10. The molecular formula is C17H20N4OS. The Hall–Kier alpha value is -2.08. The summed E-state index contributed by atoms with van der Waals surface area (Å²) in [5.74, 6) is -0.388. The van der Waals surface area contributed by atoms with Crippen molar-refractivity contribution in [2.75, 3.05) is 11.6 Å². The van der Waals surface area contributed by atoms with Gasteiger partial charge in [-0.3, -0.25) is 9.79 Å². The first kappa shape index (κ1) is 15.8. The van der Waals surface area contributed by atoms with Gasteiger partial charge in [-0.1, -0.05) is 43.7 Å². The number of aromatic nitrogens is 1. The summed E-state index contributed by atoms with van der Waals surface area (Å²) in [5, 5.41) is 6.63. The summed E-state index contributed by atoms with van der Waals surface area (Å²) in [4.78, 5) is 21.6. The molecule has 2 aromatic rings. The van der Waals surface area contributed by atoms with Crippen LogP contribution in [0.5, 0.6) is 0 Å². The lowest BCUT2D eigenvalue weighted by molar-refractivity contribution is -0.118. The fourth-order valence-electron chi connectivity index (χ4n) is 2.52. The molecule has 2 heterocycles. The number of fused-ring (bicyclic) bond motifs is 1. The molecular weight excluding hydrogens is 308 g/mol. The van der Waals surface area contributed by atoms with Gasteiger partial charge in [0.05, 0.1) is 15.9 Å². The summed E-state index contributed by atoms with van der Waals surface area (Å²) in [6.45, 7) is 4.90. The zero-order valence-electron chi connectivity index (χ0n) is 13.4. The molecule has 0 aliphatic carbocycles. The zero-order valence-corrected chi connectivity index (χ0v) is 14.2. The standard InChI is InChI=1S/C17H20N4OS/c1-3-7-13-12(11-18-10-4-2)16(22)21(20-13)17-19-14-8-5-6-9-15(14)23-17/h5-6,8-9,11-12H,3-4,7,10H2,1-2H3/t12-/m0/s1. The quantitative estimate of drug-likeness (QED) is 0.755.